The first kappa shape index (κ1) is 20.5. The summed E-state index contributed by atoms with van der Waals surface area (Å²) in [6.45, 7) is 5.84. The van der Waals surface area contributed by atoms with Crippen LogP contribution in [0.15, 0.2) is 54.6 Å². The van der Waals surface area contributed by atoms with Crippen molar-refractivity contribution in [3.05, 3.63) is 77.1 Å². The number of amides is 1. The Balaban J connectivity index is 1.39. The maximum atomic E-state index is 12.7. The average Bonchev–Trinajstić information content (AvgIpc) is 3.35. The van der Waals surface area contributed by atoms with E-state index < -0.39 is 12.1 Å². The molecule has 1 aliphatic heterocycles. The lowest BCUT2D eigenvalue weighted by Gasteiger charge is -2.14. The van der Waals surface area contributed by atoms with Gasteiger partial charge in [-0.3, -0.25) is 4.79 Å². The number of carbonyl (C=O) groups is 2. The zero-order chi connectivity index (χ0) is 22.0. The van der Waals surface area contributed by atoms with Gasteiger partial charge in [0.2, 0.25) is 6.79 Å². The largest absolute Gasteiger partial charge is 0.454 e. The third-order valence-electron chi connectivity index (χ3n) is 5.22. The van der Waals surface area contributed by atoms with Crippen LogP contribution in [0.5, 0.6) is 11.5 Å². The quantitative estimate of drug-likeness (QED) is 0.616. The predicted octanol–water partition coefficient (Wildman–Crippen LogP) is 3.68. The Morgan fingerprint density at radius 2 is 1.81 bits per heavy atom. The summed E-state index contributed by atoms with van der Waals surface area (Å²) < 4.78 is 18.0. The molecule has 0 bridgehead atoms. The van der Waals surface area contributed by atoms with Crippen molar-refractivity contribution in [1.29, 1.82) is 0 Å². The van der Waals surface area contributed by atoms with E-state index in [1.807, 2.05) is 60.9 Å². The van der Waals surface area contributed by atoms with Gasteiger partial charge in [0, 0.05) is 23.6 Å². The molecule has 1 N–H and O–H groups in total. The van der Waals surface area contributed by atoms with E-state index >= 15 is 0 Å². The molecule has 0 saturated heterocycles. The highest BCUT2D eigenvalue weighted by Crippen LogP contribution is 2.32. The van der Waals surface area contributed by atoms with Crippen LogP contribution >= 0.6 is 0 Å². The molecule has 3 aromatic rings. The topological polar surface area (TPSA) is 78.8 Å². The normalized spacial score (nSPS) is 13.0. The highest BCUT2D eigenvalue weighted by Gasteiger charge is 2.23. The molecule has 0 radical (unpaired) electrons. The van der Waals surface area contributed by atoms with E-state index in [4.69, 9.17) is 14.2 Å². The highest BCUT2D eigenvalue weighted by atomic mass is 16.7. The number of aryl methyl sites for hydroxylation is 1. The Hall–Kier alpha value is -3.74. The lowest BCUT2D eigenvalue weighted by molar-refractivity contribution is -0.129. The van der Waals surface area contributed by atoms with Crippen LogP contribution in [0.4, 0.5) is 0 Å². The molecule has 2 aromatic carbocycles. The van der Waals surface area contributed by atoms with Crippen molar-refractivity contribution in [2.24, 2.45) is 0 Å². The summed E-state index contributed by atoms with van der Waals surface area (Å²) in [5.41, 5.74) is 3.95. The summed E-state index contributed by atoms with van der Waals surface area (Å²) >= 11 is 0. The first-order chi connectivity index (χ1) is 14.9. The van der Waals surface area contributed by atoms with Gasteiger partial charge in [0.05, 0.1) is 5.56 Å². The summed E-state index contributed by atoms with van der Waals surface area (Å²) in [5.74, 6) is 0.439. The van der Waals surface area contributed by atoms with Crippen molar-refractivity contribution in [3.63, 3.8) is 0 Å². The van der Waals surface area contributed by atoms with E-state index in [1.54, 1.807) is 19.1 Å². The first-order valence-corrected chi connectivity index (χ1v) is 10.1. The molecule has 7 heteroatoms. The third-order valence-corrected chi connectivity index (χ3v) is 5.22. The molecule has 4 rings (SSSR count). The van der Waals surface area contributed by atoms with Gasteiger partial charge in [0.1, 0.15) is 0 Å². The molecule has 0 spiro atoms. The van der Waals surface area contributed by atoms with Crippen LogP contribution in [0.2, 0.25) is 0 Å². The molecule has 0 unspecified atom stereocenters. The van der Waals surface area contributed by atoms with Gasteiger partial charge >= 0.3 is 5.97 Å². The van der Waals surface area contributed by atoms with Crippen LogP contribution in [0.25, 0.3) is 5.69 Å². The van der Waals surface area contributed by atoms with Crippen molar-refractivity contribution in [2.75, 3.05) is 6.79 Å². The molecule has 160 valence electrons. The van der Waals surface area contributed by atoms with Crippen LogP contribution in [0.1, 0.15) is 34.2 Å². The van der Waals surface area contributed by atoms with Crippen LogP contribution in [0.3, 0.4) is 0 Å². The Bertz CT molecular complexity index is 1120. The van der Waals surface area contributed by atoms with Crippen molar-refractivity contribution in [3.8, 4) is 17.2 Å². The van der Waals surface area contributed by atoms with Crippen LogP contribution in [-0.2, 0) is 16.1 Å². The van der Waals surface area contributed by atoms with Crippen molar-refractivity contribution in [1.82, 2.24) is 9.88 Å². The lowest BCUT2D eigenvalue weighted by Crippen LogP contribution is -2.35. The van der Waals surface area contributed by atoms with Gasteiger partial charge in [0.15, 0.2) is 17.6 Å². The fourth-order valence-corrected chi connectivity index (χ4v) is 3.61. The van der Waals surface area contributed by atoms with E-state index in [9.17, 15) is 9.59 Å². The molecule has 1 atom stereocenters. The molecular formula is C24H24N2O5. The van der Waals surface area contributed by atoms with Crippen LogP contribution in [0, 0.1) is 13.8 Å². The number of para-hydroxylation sites is 1. The Morgan fingerprint density at radius 1 is 1.06 bits per heavy atom. The molecule has 31 heavy (non-hydrogen) atoms. The first-order valence-electron chi connectivity index (χ1n) is 10.1. The SMILES string of the molecule is Cc1cc(C(=O)O[C@@H](C)C(=O)NCc2ccc3c(c2)OCO3)c(C)n1-c1ccccc1. The van der Waals surface area contributed by atoms with Gasteiger partial charge in [-0.25, -0.2) is 4.79 Å². The lowest BCUT2D eigenvalue weighted by atomic mass is 10.2. The molecule has 7 nitrogen and oxygen atoms in total. The fourth-order valence-electron chi connectivity index (χ4n) is 3.61. The Morgan fingerprint density at radius 3 is 2.58 bits per heavy atom. The number of fused-ring (bicyclic) bond motifs is 1. The number of hydrogen-bond acceptors (Lipinski definition) is 5. The summed E-state index contributed by atoms with van der Waals surface area (Å²) in [6, 6.07) is 17.0. The molecule has 0 fully saturated rings. The summed E-state index contributed by atoms with van der Waals surface area (Å²) in [5, 5.41) is 2.79. The van der Waals surface area contributed by atoms with Gasteiger partial charge in [-0.2, -0.15) is 0 Å². The van der Waals surface area contributed by atoms with Gasteiger partial charge in [-0.05, 0) is 56.7 Å². The second-order valence-corrected chi connectivity index (χ2v) is 7.41. The number of rotatable bonds is 6. The van der Waals surface area contributed by atoms with Crippen molar-refractivity contribution < 1.29 is 23.8 Å². The minimum atomic E-state index is -0.929. The van der Waals surface area contributed by atoms with Crippen molar-refractivity contribution >= 4 is 11.9 Å². The van der Waals surface area contributed by atoms with Gasteiger partial charge in [-0.15, -0.1) is 0 Å². The second-order valence-electron chi connectivity index (χ2n) is 7.41. The maximum absolute atomic E-state index is 12.7. The van der Waals surface area contributed by atoms with E-state index in [-0.39, 0.29) is 12.7 Å². The summed E-state index contributed by atoms with van der Waals surface area (Å²) in [6.07, 6.45) is -0.929. The zero-order valence-corrected chi connectivity index (χ0v) is 17.7. The maximum Gasteiger partial charge on any atom is 0.340 e. The molecule has 1 aromatic heterocycles. The minimum Gasteiger partial charge on any atom is -0.454 e. The number of esters is 1. The fraction of sp³-hybridized carbons (Fsp3) is 0.250. The molecule has 0 aliphatic carbocycles. The van der Waals surface area contributed by atoms with E-state index in [0.29, 0.717) is 23.6 Å². The molecule has 1 amide bonds. The van der Waals surface area contributed by atoms with E-state index in [1.165, 1.54) is 0 Å². The van der Waals surface area contributed by atoms with Gasteiger partial charge in [0.25, 0.3) is 5.91 Å². The number of hydrogen-bond donors (Lipinski definition) is 1. The smallest absolute Gasteiger partial charge is 0.340 e. The summed E-state index contributed by atoms with van der Waals surface area (Å²) in [4.78, 5) is 25.2. The average molecular weight is 420 g/mol. The van der Waals surface area contributed by atoms with E-state index in [2.05, 4.69) is 5.32 Å². The Labute approximate surface area is 180 Å². The van der Waals surface area contributed by atoms with Crippen molar-refractivity contribution in [2.45, 2.75) is 33.4 Å². The number of nitrogens with one attached hydrogen (secondary N) is 1. The zero-order valence-electron chi connectivity index (χ0n) is 17.7. The summed E-state index contributed by atoms with van der Waals surface area (Å²) in [7, 11) is 0. The molecule has 0 saturated carbocycles. The van der Waals surface area contributed by atoms with Gasteiger partial charge in [-0.1, -0.05) is 24.3 Å². The number of nitrogens with zero attached hydrogens (tertiary/aromatic N) is 1. The third kappa shape index (κ3) is 4.26. The molecule has 1 aliphatic rings. The number of ether oxygens (including phenoxy) is 3. The van der Waals surface area contributed by atoms with Crippen LogP contribution < -0.4 is 14.8 Å². The number of carbonyl (C=O) groups excluding carboxylic acids is 2. The van der Waals surface area contributed by atoms with E-state index in [0.717, 1.165) is 22.6 Å². The molecule has 2 heterocycles. The number of benzene rings is 2. The molecular weight excluding hydrogens is 396 g/mol. The van der Waals surface area contributed by atoms with Crippen LogP contribution in [-0.4, -0.2) is 29.3 Å². The predicted molar refractivity (Wildman–Crippen MR) is 115 cm³/mol. The number of aromatic nitrogens is 1. The highest BCUT2D eigenvalue weighted by molar-refractivity contribution is 5.93. The Kier molecular flexibility index (Phi) is 5.66. The van der Waals surface area contributed by atoms with Gasteiger partial charge < -0.3 is 24.1 Å². The second kappa shape index (κ2) is 8.55. The monoisotopic (exact) mass is 420 g/mol. The standard InChI is InChI=1S/C24H24N2O5/c1-15-11-20(16(2)26(15)19-7-5-4-6-8-19)24(28)31-17(3)23(27)25-13-18-9-10-21-22(12-18)30-14-29-21/h4-12,17H,13-14H2,1-3H3,(H,25,27)/t17-/m0/s1. The minimum absolute atomic E-state index is 0.197.